The maximum absolute atomic E-state index is 13.0. The first-order valence-corrected chi connectivity index (χ1v) is 12.9. The van der Waals surface area contributed by atoms with E-state index in [0.717, 1.165) is 24.8 Å². The number of hydrogen-bond acceptors (Lipinski definition) is 7. The molecule has 0 aliphatic carbocycles. The smallest absolute Gasteiger partial charge is 0.344 e. The monoisotopic (exact) mass is 482 g/mol. The number of hydrogen-bond donors (Lipinski definition) is 2. The van der Waals surface area contributed by atoms with Crippen molar-refractivity contribution >= 4 is 27.9 Å². The van der Waals surface area contributed by atoms with Gasteiger partial charge in [0.1, 0.15) is 6.04 Å². The number of amides is 1. The Hall–Kier alpha value is -2.46. The maximum atomic E-state index is 13.0. The molecule has 1 aliphatic rings. The first kappa shape index (κ1) is 26.8. The quantitative estimate of drug-likeness (QED) is 0.266. The second-order valence-electron chi connectivity index (χ2n) is 8.11. The van der Waals surface area contributed by atoms with Gasteiger partial charge in [-0.25, -0.2) is 18.0 Å². The van der Waals surface area contributed by atoms with Gasteiger partial charge in [0.15, 0.2) is 0 Å². The predicted octanol–water partition coefficient (Wildman–Crippen LogP) is 2.22. The molecule has 1 aromatic rings. The highest BCUT2D eigenvalue weighted by atomic mass is 32.2. The zero-order valence-electron chi connectivity index (χ0n) is 19.7. The van der Waals surface area contributed by atoms with Crippen molar-refractivity contribution in [2.45, 2.75) is 76.3 Å². The lowest BCUT2D eigenvalue weighted by molar-refractivity contribution is -0.168. The molecule has 2 atom stereocenters. The number of esters is 2. The number of ether oxygens (including phenoxy) is 2. The van der Waals surface area contributed by atoms with E-state index in [-0.39, 0.29) is 24.5 Å². The van der Waals surface area contributed by atoms with Crippen molar-refractivity contribution in [3.8, 4) is 0 Å². The van der Waals surface area contributed by atoms with E-state index in [9.17, 15) is 22.8 Å². The number of sulfonamides is 1. The van der Waals surface area contributed by atoms with Gasteiger partial charge >= 0.3 is 11.9 Å². The summed E-state index contributed by atoms with van der Waals surface area (Å²) in [7, 11) is -4.10. The summed E-state index contributed by atoms with van der Waals surface area (Å²) in [6, 6.07) is 4.82. The summed E-state index contributed by atoms with van der Waals surface area (Å²) in [5, 5.41) is 2.45. The Bertz CT molecular complexity index is 926. The van der Waals surface area contributed by atoms with E-state index in [0.29, 0.717) is 6.42 Å². The van der Waals surface area contributed by atoms with Gasteiger partial charge in [-0.3, -0.25) is 4.79 Å². The number of carbonyl (C=O) groups is 3. The summed E-state index contributed by atoms with van der Waals surface area (Å²) in [5.41, 5.74) is -1.24. The van der Waals surface area contributed by atoms with Crippen LogP contribution in [0.15, 0.2) is 29.2 Å². The molecule has 2 rings (SSSR count). The average Bonchev–Trinajstić information content (AvgIpc) is 3.04. The molecule has 1 fully saturated rings. The Kier molecular flexibility index (Phi) is 9.42. The first-order chi connectivity index (χ1) is 15.6. The molecule has 0 aromatic heterocycles. The van der Waals surface area contributed by atoms with Crippen molar-refractivity contribution in [1.82, 2.24) is 10.0 Å². The molecule has 33 heavy (non-hydrogen) atoms. The van der Waals surface area contributed by atoms with E-state index in [1.165, 1.54) is 12.1 Å². The minimum atomic E-state index is -4.10. The molecule has 1 aliphatic heterocycles. The molecule has 1 aromatic carbocycles. The fraction of sp³-hybridized carbons (Fsp3) is 0.609. The summed E-state index contributed by atoms with van der Waals surface area (Å²) in [5.74, 6) is -3.68. The lowest BCUT2D eigenvalue weighted by atomic mass is 9.79. The molecular weight excluding hydrogens is 448 g/mol. The molecule has 9 nitrogen and oxygen atoms in total. The van der Waals surface area contributed by atoms with Gasteiger partial charge in [0.2, 0.25) is 21.5 Å². The summed E-state index contributed by atoms with van der Waals surface area (Å²) in [4.78, 5) is 39.1. The maximum Gasteiger partial charge on any atom is 0.344 e. The topological polar surface area (TPSA) is 128 Å². The Balaban J connectivity index is 2.48. The molecule has 2 N–H and O–H groups in total. The van der Waals surface area contributed by atoms with Crippen molar-refractivity contribution in [3.63, 3.8) is 0 Å². The lowest BCUT2D eigenvalue weighted by Crippen LogP contribution is -2.61. The number of carbonyl (C=O) groups excluding carboxylic acids is 3. The number of benzene rings is 1. The zero-order chi connectivity index (χ0) is 24.6. The number of rotatable bonds is 12. The number of aryl methyl sites for hydroxylation is 1. The lowest BCUT2D eigenvalue weighted by Gasteiger charge is -2.31. The van der Waals surface area contributed by atoms with Gasteiger partial charge < -0.3 is 14.8 Å². The van der Waals surface area contributed by atoms with Gasteiger partial charge in [0.05, 0.1) is 18.1 Å². The summed E-state index contributed by atoms with van der Waals surface area (Å²) in [6.45, 7) is 7.01. The van der Waals surface area contributed by atoms with Gasteiger partial charge in [-0.1, -0.05) is 50.3 Å². The van der Waals surface area contributed by atoms with Gasteiger partial charge in [-0.2, -0.15) is 4.72 Å². The average molecular weight is 483 g/mol. The Labute approximate surface area is 195 Å². The predicted molar refractivity (Wildman–Crippen MR) is 122 cm³/mol. The Morgan fingerprint density at radius 3 is 2.09 bits per heavy atom. The minimum absolute atomic E-state index is 0.0157. The second-order valence-corrected chi connectivity index (χ2v) is 9.82. The molecule has 0 spiro atoms. The van der Waals surface area contributed by atoms with E-state index in [1.54, 1.807) is 26.0 Å². The van der Waals surface area contributed by atoms with E-state index in [2.05, 4.69) is 10.0 Å². The zero-order valence-corrected chi connectivity index (χ0v) is 20.5. The van der Waals surface area contributed by atoms with Crippen LogP contribution >= 0.6 is 0 Å². The van der Waals surface area contributed by atoms with Crippen molar-refractivity contribution in [3.05, 3.63) is 29.8 Å². The number of nitrogens with one attached hydrogen (secondary N) is 2. The van der Waals surface area contributed by atoms with Crippen LogP contribution in [0.25, 0.3) is 0 Å². The second kappa shape index (κ2) is 11.6. The third kappa shape index (κ3) is 5.92. The van der Waals surface area contributed by atoms with Crippen LogP contribution in [-0.4, -0.2) is 51.1 Å². The highest BCUT2D eigenvalue weighted by Gasteiger charge is 2.65. The van der Waals surface area contributed by atoms with E-state index in [4.69, 9.17) is 9.47 Å². The molecule has 1 heterocycles. The normalized spacial score (nSPS) is 19.7. The fourth-order valence-corrected chi connectivity index (χ4v) is 5.27. The Morgan fingerprint density at radius 1 is 1.00 bits per heavy atom. The standard InChI is InChI=1S/C23H34N2O7S/c1-5-8-9-10-11-18-19(25-33(29,30)17-14-12-16(4)13-15-17)20(26)24-23(18,21(27)31-6-2)22(28)32-7-3/h12-15,18-19,25H,5-11H2,1-4H3,(H,24,26)/t18-,19+/m1/s1. The van der Waals surface area contributed by atoms with Gasteiger partial charge in [-0.05, 0) is 39.3 Å². The molecular formula is C23H34N2O7S. The first-order valence-electron chi connectivity index (χ1n) is 11.4. The van der Waals surface area contributed by atoms with Crippen LogP contribution in [0, 0.1) is 12.8 Å². The van der Waals surface area contributed by atoms with Gasteiger partial charge in [0.25, 0.3) is 0 Å². The Morgan fingerprint density at radius 2 is 1.58 bits per heavy atom. The van der Waals surface area contributed by atoms with Gasteiger partial charge in [-0.15, -0.1) is 0 Å². The molecule has 0 radical (unpaired) electrons. The van der Waals surface area contributed by atoms with E-state index < -0.39 is 45.4 Å². The van der Waals surface area contributed by atoms with Crippen LogP contribution in [0.1, 0.15) is 58.4 Å². The highest BCUT2D eigenvalue weighted by molar-refractivity contribution is 7.89. The summed E-state index contributed by atoms with van der Waals surface area (Å²) >= 11 is 0. The largest absolute Gasteiger partial charge is 0.464 e. The van der Waals surface area contributed by atoms with E-state index >= 15 is 0 Å². The molecule has 1 amide bonds. The summed E-state index contributed by atoms with van der Waals surface area (Å²) < 4.78 is 38.8. The minimum Gasteiger partial charge on any atom is -0.464 e. The molecule has 0 bridgehead atoms. The molecule has 0 unspecified atom stereocenters. The van der Waals surface area contributed by atoms with Crippen molar-refractivity contribution in [2.75, 3.05) is 13.2 Å². The fourth-order valence-electron chi connectivity index (χ4n) is 4.04. The van der Waals surface area contributed by atoms with Crippen LogP contribution in [0.2, 0.25) is 0 Å². The number of unbranched alkanes of at least 4 members (excludes halogenated alkanes) is 3. The third-order valence-electron chi connectivity index (χ3n) is 5.74. The molecule has 1 saturated heterocycles. The highest BCUT2D eigenvalue weighted by Crippen LogP contribution is 2.36. The van der Waals surface area contributed by atoms with Crippen LogP contribution < -0.4 is 10.0 Å². The van der Waals surface area contributed by atoms with Crippen LogP contribution in [0.3, 0.4) is 0 Å². The van der Waals surface area contributed by atoms with Crippen LogP contribution in [-0.2, 0) is 33.9 Å². The SMILES string of the molecule is CCCCCC[C@@H]1[C@H](NS(=O)(=O)c2ccc(C)cc2)C(=O)NC1(C(=O)OCC)C(=O)OCC. The third-order valence-corrected chi connectivity index (χ3v) is 7.20. The molecule has 184 valence electrons. The van der Waals surface area contributed by atoms with Crippen molar-refractivity contribution < 1.29 is 32.3 Å². The van der Waals surface area contributed by atoms with Crippen molar-refractivity contribution in [2.24, 2.45) is 5.92 Å². The molecule has 0 saturated carbocycles. The van der Waals surface area contributed by atoms with E-state index in [1.807, 2.05) is 13.8 Å². The van der Waals surface area contributed by atoms with Crippen LogP contribution in [0.5, 0.6) is 0 Å². The molecule has 10 heteroatoms. The van der Waals surface area contributed by atoms with Gasteiger partial charge in [0, 0.05) is 5.92 Å². The van der Waals surface area contributed by atoms with Crippen LogP contribution in [0.4, 0.5) is 0 Å². The van der Waals surface area contributed by atoms with Crippen molar-refractivity contribution in [1.29, 1.82) is 0 Å². The summed E-state index contributed by atoms with van der Waals surface area (Å²) in [6.07, 6.45) is 3.54.